The van der Waals surface area contributed by atoms with Gasteiger partial charge in [-0.15, -0.1) is 0 Å². The number of anilines is 1. The number of pyridine rings is 1. The number of aromatic nitrogens is 2. The molecule has 114 valence electrons. The molecule has 3 rings (SSSR count). The minimum atomic E-state index is -0.856. The van der Waals surface area contributed by atoms with Crippen molar-refractivity contribution < 1.29 is 9.00 Å². The standard InChI is InChI=1S/C14H13ClN4O2S/c1-9-6-18(2-3-22(9)21)14-10(7-20)4-11(15)13-12(5-16)17-8-19(13)14/h4,7-9H,2-3,6H2,1H3. The summed E-state index contributed by atoms with van der Waals surface area (Å²) in [7, 11) is -0.856. The van der Waals surface area contributed by atoms with E-state index < -0.39 is 10.8 Å². The predicted octanol–water partition coefficient (Wildman–Crippen LogP) is 1.63. The van der Waals surface area contributed by atoms with Gasteiger partial charge in [0.15, 0.2) is 12.0 Å². The lowest BCUT2D eigenvalue weighted by molar-refractivity contribution is 0.112. The Bertz CT molecular complexity index is 826. The lowest BCUT2D eigenvalue weighted by Gasteiger charge is -2.33. The van der Waals surface area contributed by atoms with Gasteiger partial charge in [-0.05, 0) is 13.0 Å². The van der Waals surface area contributed by atoms with E-state index in [-0.39, 0.29) is 10.9 Å². The Labute approximate surface area is 134 Å². The maximum atomic E-state index is 11.8. The zero-order valence-electron chi connectivity index (χ0n) is 11.8. The fourth-order valence-corrected chi connectivity index (χ4v) is 4.17. The van der Waals surface area contributed by atoms with Crippen LogP contribution in [0.25, 0.3) is 5.52 Å². The fraction of sp³-hybridized carbons (Fsp3) is 0.357. The number of nitrogens with zero attached hydrogens (tertiary/aromatic N) is 4. The quantitative estimate of drug-likeness (QED) is 0.779. The Morgan fingerprint density at radius 3 is 3.00 bits per heavy atom. The maximum absolute atomic E-state index is 11.8. The molecular formula is C14H13ClN4O2S. The molecule has 1 aliphatic heterocycles. The van der Waals surface area contributed by atoms with E-state index in [1.807, 2.05) is 17.9 Å². The van der Waals surface area contributed by atoms with Gasteiger partial charge >= 0.3 is 0 Å². The van der Waals surface area contributed by atoms with Crippen LogP contribution >= 0.6 is 11.6 Å². The summed E-state index contributed by atoms with van der Waals surface area (Å²) >= 11 is 6.19. The summed E-state index contributed by atoms with van der Waals surface area (Å²) in [5.41, 5.74) is 1.14. The van der Waals surface area contributed by atoms with Gasteiger partial charge in [-0.2, -0.15) is 5.26 Å². The lowest BCUT2D eigenvalue weighted by atomic mass is 10.2. The average Bonchev–Trinajstić information content (AvgIpc) is 2.94. The summed E-state index contributed by atoms with van der Waals surface area (Å²) in [6.07, 6.45) is 2.24. The molecule has 22 heavy (non-hydrogen) atoms. The molecule has 1 saturated heterocycles. The zero-order chi connectivity index (χ0) is 15.9. The number of fused-ring (bicyclic) bond motifs is 1. The predicted molar refractivity (Wildman–Crippen MR) is 85.0 cm³/mol. The van der Waals surface area contributed by atoms with Gasteiger partial charge in [0, 0.05) is 34.9 Å². The van der Waals surface area contributed by atoms with Crippen LogP contribution in [0.4, 0.5) is 5.82 Å². The number of imidazole rings is 1. The van der Waals surface area contributed by atoms with Gasteiger partial charge in [-0.1, -0.05) is 11.6 Å². The maximum Gasteiger partial charge on any atom is 0.167 e. The summed E-state index contributed by atoms with van der Waals surface area (Å²) < 4.78 is 13.5. The number of carbonyl (C=O) groups excluding carboxylic acids is 1. The van der Waals surface area contributed by atoms with E-state index in [9.17, 15) is 9.00 Å². The second-order valence-electron chi connectivity index (χ2n) is 5.15. The van der Waals surface area contributed by atoms with Crippen LogP contribution < -0.4 is 4.90 Å². The first-order chi connectivity index (χ1) is 10.6. The molecule has 0 bridgehead atoms. The van der Waals surface area contributed by atoms with E-state index in [1.165, 1.54) is 6.33 Å². The highest BCUT2D eigenvalue weighted by atomic mass is 35.5. The minimum absolute atomic E-state index is 0.0120. The van der Waals surface area contributed by atoms with E-state index >= 15 is 0 Å². The molecule has 0 amide bonds. The minimum Gasteiger partial charge on any atom is -0.355 e. The van der Waals surface area contributed by atoms with Crippen molar-refractivity contribution >= 4 is 40.0 Å². The molecule has 0 radical (unpaired) electrons. The fourth-order valence-electron chi connectivity index (χ4n) is 2.73. The molecule has 0 aromatic carbocycles. The van der Waals surface area contributed by atoms with Crippen molar-refractivity contribution in [3.8, 4) is 6.07 Å². The van der Waals surface area contributed by atoms with Crippen molar-refractivity contribution in [2.75, 3.05) is 23.7 Å². The monoisotopic (exact) mass is 336 g/mol. The van der Waals surface area contributed by atoms with Crippen LogP contribution in [0.3, 0.4) is 0 Å². The molecular weight excluding hydrogens is 324 g/mol. The van der Waals surface area contributed by atoms with Crippen molar-refractivity contribution in [3.63, 3.8) is 0 Å². The van der Waals surface area contributed by atoms with E-state index in [2.05, 4.69) is 4.98 Å². The molecule has 2 unspecified atom stereocenters. The number of halogens is 1. The topological polar surface area (TPSA) is 78.5 Å². The summed E-state index contributed by atoms with van der Waals surface area (Å²) in [5.74, 6) is 1.19. The van der Waals surface area contributed by atoms with Gasteiger partial charge < -0.3 is 4.90 Å². The number of rotatable bonds is 2. The number of hydrogen-bond donors (Lipinski definition) is 0. The van der Waals surface area contributed by atoms with Crippen LogP contribution in [0.1, 0.15) is 23.0 Å². The van der Waals surface area contributed by atoms with Gasteiger partial charge in [-0.25, -0.2) is 4.98 Å². The van der Waals surface area contributed by atoms with Crippen LogP contribution in [0.2, 0.25) is 5.02 Å². The molecule has 2 aromatic rings. The number of carbonyl (C=O) groups is 1. The summed E-state index contributed by atoms with van der Waals surface area (Å²) in [6.45, 7) is 3.07. The Kier molecular flexibility index (Phi) is 3.89. The van der Waals surface area contributed by atoms with Crippen molar-refractivity contribution in [2.24, 2.45) is 0 Å². The van der Waals surface area contributed by atoms with Crippen molar-refractivity contribution in [1.29, 1.82) is 5.26 Å². The number of nitriles is 1. The molecule has 0 N–H and O–H groups in total. The molecule has 0 saturated carbocycles. The molecule has 2 atom stereocenters. The van der Waals surface area contributed by atoms with Gasteiger partial charge in [0.25, 0.3) is 0 Å². The zero-order valence-corrected chi connectivity index (χ0v) is 13.4. The van der Waals surface area contributed by atoms with Gasteiger partial charge in [-0.3, -0.25) is 13.4 Å². The molecule has 0 aliphatic carbocycles. The Morgan fingerprint density at radius 2 is 2.36 bits per heavy atom. The third-order valence-electron chi connectivity index (χ3n) is 3.78. The molecule has 6 nitrogen and oxygen atoms in total. The first kappa shape index (κ1) is 15.0. The first-order valence-electron chi connectivity index (χ1n) is 6.73. The van der Waals surface area contributed by atoms with Crippen LogP contribution in [-0.2, 0) is 10.8 Å². The SMILES string of the molecule is CC1CN(c2c(C=O)cc(Cl)c3c(C#N)ncn23)CCS1=O. The van der Waals surface area contributed by atoms with E-state index in [1.54, 1.807) is 10.5 Å². The first-order valence-corrected chi connectivity index (χ1v) is 8.49. The average molecular weight is 337 g/mol. The van der Waals surface area contributed by atoms with Gasteiger partial charge in [0.1, 0.15) is 23.7 Å². The van der Waals surface area contributed by atoms with Crippen LogP contribution in [0, 0.1) is 11.3 Å². The number of aldehydes is 1. The van der Waals surface area contributed by atoms with Crippen LogP contribution in [-0.4, -0.2) is 44.0 Å². The Morgan fingerprint density at radius 1 is 1.59 bits per heavy atom. The highest BCUT2D eigenvalue weighted by Gasteiger charge is 2.27. The molecule has 3 heterocycles. The third-order valence-corrected chi connectivity index (χ3v) is 5.70. The number of hydrogen-bond acceptors (Lipinski definition) is 5. The highest BCUT2D eigenvalue weighted by Crippen LogP contribution is 2.30. The Hall–Kier alpha value is -1.91. The van der Waals surface area contributed by atoms with E-state index in [4.69, 9.17) is 16.9 Å². The molecule has 0 spiro atoms. The van der Waals surface area contributed by atoms with E-state index in [0.717, 1.165) is 6.29 Å². The Balaban J connectivity index is 2.22. The second kappa shape index (κ2) is 5.71. The third kappa shape index (κ3) is 2.28. The van der Waals surface area contributed by atoms with Crippen molar-refractivity contribution in [1.82, 2.24) is 9.38 Å². The van der Waals surface area contributed by atoms with Gasteiger partial charge in [0.05, 0.1) is 10.6 Å². The van der Waals surface area contributed by atoms with Crippen molar-refractivity contribution in [2.45, 2.75) is 12.2 Å². The highest BCUT2D eigenvalue weighted by molar-refractivity contribution is 7.85. The summed E-state index contributed by atoms with van der Waals surface area (Å²) in [5, 5.41) is 9.47. The lowest BCUT2D eigenvalue weighted by Crippen LogP contribution is -2.44. The van der Waals surface area contributed by atoms with E-state index in [0.29, 0.717) is 40.8 Å². The van der Waals surface area contributed by atoms with Crippen LogP contribution in [0.5, 0.6) is 0 Å². The van der Waals surface area contributed by atoms with Gasteiger partial charge in [0.2, 0.25) is 0 Å². The van der Waals surface area contributed by atoms with Crippen molar-refractivity contribution in [3.05, 3.63) is 28.7 Å². The molecule has 8 heteroatoms. The smallest absolute Gasteiger partial charge is 0.167 e. The molecule has 1 aliphatic rings. The molecule has 1 fully saturated rings. The largest absolute Gasteiger partial charge is 0.355 e. The van der Waals surface area contributed by atoms with Crippen LogP contribution in [0.15, 0.2) is 12.4 Å². The molecule has 2 aromatic heterocycles. The second-order valence-corrected chi connectivity index (χ2v) is 7.54. The summed E-state index contributed by atoms with van der Waals surface area (Å²) in [4.78, 5) is 17.5. The normalized spacial score (nSPS) is 21.8. The summed E-state index contributed by atoms with van der Waals surface area (Å²) in [6, 6.07) is 3.56.